The van der Waals surface area contributed by atoms with Gasteiger partial charge in [-0.1, -0.05) is 46.4 Å². The smallest absolute Gasteiger partial charge is 0.292 e. The summed E-state index contributed by atoms with van der Waals surface area (Å²) < 4.78 is 11.1. The highest BCUT2D eigenvalue weighted by atomic mass is 35.5. The first kappa shape index (κ1) is 28.3. The van der Waals surface area contributed by atoms with Crippen LogP contribution < -0.4 is 20.1 Å². The number of nitrogens with one attached hydrogen (secondary N) is 2. The molecule has 3 aromatic rings. The molecule has 0 bridgehead atoms. The fourth-order valence-corrected chi connectivity index (χ4v) is 3.89. The number of ether oxygens (including phenoxy) is 2. The third-order valence-corrected chi connectivity index (χ3v) is 5.91. The van der Waals surface area contributed by atoms with Crippen LogP contribution in [0.1, 0.15) is 13.8 Å². The highest BCUT2D eigenvalue weighted by Gasteiger charge is 2.23. The zero-order valence-electron chi connectivity index (χ0n) is 19.3. The Kier molecular flexibility index (Phi) is 9.45. The zero-order chi connectivity index (χ0) is 27.3. The molecule has 0 saturated heterocycles. The van der Waals surface area contributed by atoms with E-state index in [1.807, 2.05) is 0 Å². The third kappa shape index (κ3) is 7.62. The lowest BCUT2D eigenvalue weighted by atomic mass is 10.2. The van der Waals surface area contributed by atoms with E-state index in [0.29, 0.717) is 10.0 Å². The van der Waals surface area contributed by atoms with Gasteiger partial charge in [0, 0.05) is 21.8 Å². The average molecular weight is 587 g/mol. The first-order valence-electron chi connectivity index (χ1n) is 10.6. The zero-order valence-corrected chi connectivity index (χ0v) is 22.3. The van der Waals surface area contributed by atoms with E-state index in [1.54, 1.807) is 6.07 Å². The molecule has 0 aromatic heterocycles. The summed E-state index contributed by atoms with van der Waals surface area (Å²) >= 11 is 23.9. The Labute approximate surface area is 231 Å². The highest BCUT2D eigenvalue weighted by Crippen LogP contribution is 2.31. The van der Waals surface area contributed by atoms with Crippen LogP contribution in [-0.4, -0.2) is 28.9 Å². The van der Waals surface area contributed by atoms with Crippen LogP contribution in [0.25, 0.3) is 0 Å². The van der Waals surface area contributed by atoms with Crippen LogP contribution in [0.5, 0.6) is 11.5 Å². The molecule has 0 aliphatic heterocycles. The average Bonchev–Trinajstić information content (AvgIpc) is 2.82. The molecule has 0 heterocycles. The van der Waals surface area contributed by atoms with Crippen molar-refractivity contribution in [3.63, 3.8) is 0 Å². The second-order valence-electron chi connectivity index (χ2n) is 7.64. The van der Waals surface area contributed by atoms with Gasteiger partial charge in [-0.2, -0.15) is 0 Å². The maximum absolute atomic E-state index is 12.7. The summed E-state index contributed by atoms with van der Waals surface area (Å²) in [6.07, 6.45) is -2.06. The molecule has 37 heavy (non-hydrogen) atoms. The third-order valence-electron chi connectivity index (χ3n) is 4.85. The van der Waals surface area contributed by atoms with E-state index in [2.05, 4.69) is 10.6 Å². The number of nitrogens with zero attached hydrogens (tertiary/aromatic N) is 1. The predicted molar refractivity (Wildman–Crippen MR) is 143 cm³/mol. The maximum Gasteiger partial charge on any atom is 0.292 e. The molecular formula is C24H19Cl4N3O6. The molecular weight excluding hydrogens is 568 g/mol. The van der Waals surface area contributed by atoms with Crippen LogP contribution in [-0.2, 0) is 9.59 Å². The van der Waals surface area contributed by atoms with E-state index < -0.39 is 28.9 Å². The molecule has 2 unspecified atom stereocenters. The number of hydrogen-bond acceptors (Lipinski definition) is 6. The number of carbonyl (C=O) groups excluding carboxylic acids is 2. The Hall–Kier alpha value is -3.24. The van der Waals surface area contributed by atoms with Crippen molar-refractivity contribution in [3.05, 3.63) is 84.8 Å². The molecule has 0 fully saturated rings. The molecule has 194 valence electrons. The normalized spacial score (nSPS) is 12.3. The van der Waals surface area contributed by atoms with Crippen LogP contribution in [0.2, 0.25) is 20.1 Å². The summed E-state index contributed by atoms with van der Waals surface area (Å²) in [5.41, 5.74) is -0.363. The van der Waals surface area contributed by atoms with E-state index in [9.17, 15) is 19.7 Å². The van der Waals surface area contributed by atoms with Gasteiger partial charge in [0.05, 0.1) is 15.0 Å². The van der Waals surface area contributed by atoms with Gasteiger partial charge in [0.2, 0.25) is 0 Å². The van der Waals surface area contributed by atoms with Gasteiger partial charge in [-0.3, -0.25) is 19.7 Å². The summed E-state index contributed by atoms with van der Waals surface area (Å²) in [6.45, 7) is 2.94. The van der Waals surface area contributed by atoms with Crippen LogP contribution in [0.15, 0.2) is 54.6 Å². The van der Waals surface area contributed by atoms with Crippen molar-refractivity contribution in [1.82, 2.24) is 0 Å². The Morgan fingerprint density at radius 3 is 1.73 bits per heavy atom. The van der Waals surface area contributed by atoms with E-state index in [-0.39, 0.29) is 38.6 Å². The van der Waals surface area contributed by atoms with Gasteiger partial charge >= 0.3 is 0 Å². The second kappa shape index (κ2) is 12.3. The van der Waals surface area contributed by atoms with Crippen LogP contribution in [0, 0.1) is 10.1 Å². The van der Waals surface area contributed by atoms with Crippen LogP contribution in [0.4, 0.5) is 17.1 Å². The van der Waals surface area contributed by atoms with Gasteiger partial charge in [0.15, 0.2) is 12.2 Å². The minimum absolute atomic E-state index is 0.153. The van der Waals surface area contributed by atoms with Crippen molar-refractivity contribution in [1.29, 1.82) is 0 Å². The molecule has 0 spiro atoms. The Balaban J connectivity index is 1.72. The standard InChI is InChI=1S/C24H19Cl4N3O6/c1-12(36-21-7-3-14(25)9-17(21)27)23(32)29-16-5-6-20(31(34)35)19(11-16)30-24(33)13(2)37-22-8-4-15(26)10-18(22)28/h3-13H,1-2H3,(H,29,32)(H,30,33). The molecule has 0 aliphatic carbocycles. The molecule has 9 nitrogen and oxygen atoms in total. The first-order valence-corrected chi connectivity index (χ1v) is 12.1. The minimum atomic E-state index is -1.07. The number of hydrogen-bond donors (Lipinski definition) is 2. The van der Waals surface area contributed by atoms with Gasteiger partial charge in [-0.15, -0.1) is 0 Å². The van der Waals surface area contributed by atoms with E-state index in [4.69, 9.17) is 55.9 Å². The summed E-state index contributed by atoms with van der Waals surface area (Å²) in [4.78, 5) is 36.2. The van der Waals surface area contributed by atoms with E-state index in [1.165, 1.54) is 56.3 Å². The largest absolute Gasteiger partial charge is 0.479 e. The maximum atomic E-state index is 12.7. The molecule has 2 N–H and O–H groups in total. The van der Waals surface area contributed by atoms with Crippen molar-refractivity contribution >= 4 is 75.3 Å². The number of rotatable bonds is 9. The molecule has 2 amide bonds. The fraction of sp³-hybridized carbons (Fsp3) is 0.167. The number of amides is 2. The van der Waals surface area contributed by atoms with Gasteiger partial charge < -0.3 is 20.1 Å². The van der Waals surface area contributed by atoms with Crippen molar-refractivity contribution in [2.24, 2.45) is 0 Å². The summed E-state index contributed by atoms with van der Waals surface area (Å²) in [5.74, 6) is -0.794. The predicted octanol–water partition coefficient (Wildman–Crippen LogP) is 7.02. The lowest BCUT2D eigenvalue weighted by molar-refractivity contribution is -0.383. The van der Waals surface area contributed by atoms with Gasteiger partial charge in [0.1, 0.15) is 17.2 Å². The lowest BCUT2D eigenvalue weighted by Crippen LogP contribution is -2.31. The number of carbonyl (C=O) groups is 2. The van der Waals surface area contributed by atoms with Crippen LogP contribution >= 0.6 is 46.4 Å². The summed E-state index contributed by atoms with van der Waals surface area (Å²) in [5, 5.41) is 17.8. The van der Waals surface area contributed by atoms with Crippen molar-refractivity contribution < 1.29 is 24.0 Å². The van der Waals surface area contributed by atoms with Crippen molar-refractivity contribution in [2.45, 2.75) is 26.1 Å². The second-order valence-corrected chi connectivity index (χ2v) is 9.32. The van der Waals surface area contributed by atoms with E-state index >= 15 is 0 Å². The molecule has 13 heteroatoms. The molecule has 3 rings (SSSR count). The lowest BCUT2D eigenvalue weighted by Gasteiger charge is -2.17. The number of halogens is 4. The minimum Gasteiger partial charge on any atom is -0.479 e. The van der Waals surface area contributed by atoms with Gasteiger partial charge in [-0.05, 0) is 62.4 Å². The fourth-order valence-electron chi connectivity index (χ4n) is 2.98. The van der Waals surface area contributed by atoms with Gasteiger partial charge in [0.25, 0.3) is 17.5 Å². The molecule has 3 aromatic carbocycles. The quantitative estimate of drug-likeness (QED) is 0.205. The molecule has 0 radical (unpaired) electrons. The summed E-state index contributed by atoms with van der Waals surface area (Å²) in [6, 6.07) is 12.8. The Morgan fingerprint density at radius 1 is 0.784 bits per heavy atom. The Morgan fingerprint density at radius 2 is 1.27 bits per heavy atom. The number of nitro benzene ring substituents is 1. The monoisotopic (exact) mass is 585 g/mol. The SMILES string of the molecule is CC(Oc1ccc(Cl)cc1Cl)C(=O)Nc1ccc([N+](=O)[O-])c(NC(=O)C(C)Oc2ccc(Cl)cc2Cl)c1. The molecule has 0 saturated carbocycles. The van der Waals surface area contributed by atoms with Crippen LogP contribution in [0.3, 0.4) is 0 Å². The highest BCUT2D eigenvalue weighted by molar-refractivity contribution is 6.36. The number of anilines is 2. The topological polar surface area (TPSA) is 120 Å². The van der Waals surface area contributed by atoms with Gasteiger partial charge in [-0.25, -0.2) is 0 Å². The van der Waals surface area contributed by atoms with Crippen molar-refractivity contribution in [3.8, 4) is 11.5 Å². The Bertz CT molecular complexity index is 1350. The van der Waals surface area contributed by atoms with E-state index in [0.717, 1.165) is 6.07 Å². The van der Waals surface area contributed by atoms with Crippen molar-refractivity contribution in [2.75, 3.05) is 10.6 Å². The summed E-state index contributed by atoms with van der Waals surface area (Å²) in [7, 11) is 0. The number of benzene rings is 3. The number of nitro groups is 1. The molecule has 2 atom stereocenters. The first-order chi connectivity index (χ1) is 17.4. The molecule has 0 aliphatic rings.